The third kappa shape index (κ3) is 11.8. The van der Waals surface area contributed by atoms with E-state index in [0.717, 1.165) is 26.3 Å². The van der Waals surface area contributed by atoms with Crippen molar-refractivity contribution in [1.82, 2.24) is 10.2 Å². The van der Waals surface area contributed by atoms with Gasteiger partial charge in [-0.25, -0.2) is 0 Å². The van der Waals surface area contributed by atoms with Gasteiger partial charge in [0, 0.05) is 13.1 Å². The van der Waals surface area contributed by atoms with Gasteiger partial charge in [0.05, 0.1) is 26.4 Å². The zero-order valence-corrected chi connectivity index (χ0v) is 9.01. The Labute approximate surface area is 81.2 Å². The van der Waals surface area contributed by atoms with E-state index in [9.17, 15) is 0 Å². The van der Waals surface area contributed by atoms with Crippen LogP contribution in [-0.4, -0.2) is 65.6 Å². The first kappa shape index (κ1) is 12.8. The van der Waals surface area contributed by atoms with Crippen LogP contribution in [0.3, 0.4) is 0 Å². The van der Waals surface area contributed by atoms with Crippen LogP contribution in [0.4, 0.5) is 0 Å². The fourth-order valence-electron chi connectivity index (χ4n) is 0.743. The lowest BCUT2D eigenvalue weighted by Gasteiger charge is -2.09. The predicted molar refractivity (Wildman–Crippen MR) is 54.1 cm³/mol. The first-order valence-electron chi connectivity index (χ1n) is 4.72. The zero-order chi connectivity index (χ0) is 9.94. The maximum absolute atomic E-state index is 5.34. The van der Waals surface area contributed by atoms with Crippen LogP contribution in [0.25, 0.3) is 0 Å². The minimum Gasteiger partial charge on any atom is -0.378 e. The molecule has 0 atom stereocenters. The van der Waals surface area contributed by atoms with Gasteiger partial charge < -0.3 is 19.7 Å². The van der Waals surface area contributed by atoms with Gasteiger partial charge in [-0.05, 0) is 21.1 Å². The highest BCUT2D eigenvalue weighted by Crippen LogP contribution is 1.80. The van der Waals surface area contributed by atoms with Gasteiger partial charge in [-0.1, -0.05) is 0 Å². The van der Waals surface area contributed by atoms with Gasteiger partial charge in [-0.15, -0.1) is 0 Å². The molecule has 0 aromatic heterocycles. The fraction of sp³-hybridized carbons (Fsp3) is 1.00. The third-order valence-corrected chi connectivity index (χ3v) is 1.55. The molecule has 0 radical (unpaired) electrons. The van der Waals surface area contributed by atoms with Crippen molar-refractivity contribution in [2.75, 3.05) is 60.7 Å². The molecule has 0 fully saturated rings. The lowest BCUT2D eigenvalue weighted by Crippen LogP contribution is -2.20. The normalized spacial score (nSPS) is 11.1. The van der Waals surface area contributed by atoms with E-state index in [1.807, 2.05) is 21.1 Å². The summed E-state index contributed by atoms with van der Waals surface area (Å²) in [5.41, 5.74) is 0. The van der Waals surface area contributed by atoms with E-state index >= 15 is 0 Å². The smallest absolute Gasteiger partial charge is 0.0701 e. The Bertz CT molecular complexity index is 99.6. The quantitative estimate of drug-likeness (QED) is 0.511. The van der Waals surface area contributed by atoms with Gasteiger partial charge in [0.15, 0.2) is 0 Å². The van der Waals surface area contributed by atoms with Gasteiger partial charge in [0.25, 0.3) is 0 Å². The van der Waals surface area contributed by atoms with E-state index in [2.05, 4.69) is 10.2 Å². The highest BCUT2D eigenvalue weighted by molar-refractivity contribution is 4.40. The summed E-state index contributed by atoms with van der Waals surface area (Å²) >= 11 is 0. The number of hydrogen-bond donors (Lipinski definition) is 1. The van der Waals surface area contributed by atoms with E-state index in [1.54, 1.807) is 0 Å². The second-order valence-corrected chi connectivity index (χ2v) is 3.13. The van der Waals surface area contributed by atoms with Gasteiger partial charge in [0.1, 0.15) is 0 Å². The Hall–Kier alpha value is -0.160. The van der Waals surface area contributed by atoms with Crippen molar-refractivity contribution in [2.45, 2.75) is 0 Å². The topological polar surface area (TPSA) is 33.7 Å². The van der Waals surface area contributed by atoms with Gasteiger partial charge in [-0.3, -0.25) is 0 Å². The molecule has 80 valence electrons. The molecule has 0 unspecified atom stereocenters. The second-order valence-electron chi connectivity index (χ2n) is 3.13. The molecule has 1 N–H and O–H groups in total. The first-order valence-corrected chi connectivity index (χ1v) is 4.72. The molecule has 0 aromatic rings. The Balaban J connectivity index is 2.84. The third-order valence-electron chi connectivity index (χ3n) is 1.55. The molecular weight excluding hydrogens is 168 g/mol. The number of nitrogens with one attached hydrogen (secondary N) is 1. The number of likely N-dealkylation sites (N-methyl/N-ethyl adjacent to an activating group) is 2. The zero-order valence-electron chi connectivity index (χ0n) is 9.01. The summed E-state index contributed by atoms with van der Waals surface area (Å²) in [6.45, 7) is 4.79. The number of nitrogens with zero attached hydrogens (tertiary/aromatic N) is 1. The molecule has 0 saturated heterocycles. The van der Waals surface area contributed by atoms with E-state index < -0.39 is 0 Å². The lowest BCUT2D eigenvalue weighted by atomic mass is 10.6. The van der Waals surface area contributed by atoms with Crippen LogP contribution in [0.15, 0.2) is 0 Å². The van der Waals surface area contributed by atoms with Crippen molar-refractivity contribution >= 4 is 0 Å². The van der Waals surface area contributed by atoms with E-state index in [4.69, 9.17) is 9.47 Å². The summed E-state index contributed by atoms with van der Waals surface area (Å²) in [4.78, 5) is 2.10. The molecule has 0 aliphatic rings. The van der Waals surface area contributed by atoms with Crippen molar-refractivity contribution in [3.05, 3.63) is 0 Å². The van der Waals surface area contributed by atoms with Crippen LogP contribution in [0.1, 0.15) is 0 Å². The van der Waals surface area contributed by atoms with Crippen molar-refractivity contribution in [3.63, 3.8) is 0 Å². The fourth-order valence-corrected chi connectivity index (χ4v) is 0.743. The molecule has 0 heterocycles. The molecule has 0 spiro atoms. The molecule has 0 rings (SSSR count). The molecule has 0 aliphatic carbocycles. The minimum absolute atomic E-state index is 0.690. The van der Waals surface area contributed by atoms with E-state index in [-0.39, 0.29) is 0 Å². The molecule has 0 amide bonds. The largest absolute Gasteiger partial charge is 0.378 e. The van der Waals surface area contributed by atoms with Crippen LogP contribution in [0, 0.1) is 0 Å². The van der Waals surface area contributed by atoms with Crippen LogP contribution in [0.5, 0.6) is 0 Å². The Morgan fingerprint density at radius 1 is 1.00 bits per heavy atom. The molecule has 0 bridgehead atoms. The van der Waals surface area contributed by atoms with Crippen molar-refractivity contribution in [2.24, 2.45) is 0 Å². The highest BCUT2D eigenvalue weighted by Gasteiger charge is 1.91. The summed E-state index contributed by atoms with van der Waals surface area (Å²) in [6.07, 6.45) is 0. The number of hydrogen-bond acceptors (Lipinski definition) is 4. The molecule has 4 heteroatoms. The predicted octanol–water partition coefficient (Wildman–Crippen LogP) is -0.199. The van der Waals surface area contributed by atoms with E-state index in [1.165, 1.54) is 0 Å². The number of ether oxygens (including phenoxy) is 2. The van der Waals surface area contributed by atoms with Crippen LogP contribution in [-0.2, 0) is 9.47 Å². The molecule has 0 saturated carbocycles. The summed E-state index contributed by atoms with van der Waals surface area (Å²) in [7, 11) is 5.98. The molecular formula is C9H22N2O2. The van der Waals surface area contributed by atoms with Crippen molar-refractivity contribution in [1.29, 1.82) is 0 Å². The standard InChI is InChI=1S/C9H22N2O2/c1-10-4-6-12-8-9-13-7-5-11(2)3/h10H,4-9H2,1-3H3. The van der Waals surface area contributed by atoms with Gasteiger partial charge in [0.2, 0.25) is 0 Å². The SMILES string of the molecule is CNCCOCCOCCN(C)C. The maximum Gasteiger partial charge on any atom is 0.0701 e. The van der Waals surface area contributed by atoms with Crippen LogP contribution < -0.4 is 5.32 Å². The summed E-state index contributed by atoms with van der Waals surface area (Å²) in [6, 6.07) is 0. The summed E-state index contributed by atoms with van der Waals surface area (Å²) < 4.78 is 10.6. The Morgan fingerprint density at radius 3 is 2.15 bits per heavy atom. The van der Waals surface area contributed by atoms with Crippen molar-refractivity contribution < 1.29 is 9.47 Å². The van der Waals surface area contributed by atoms with Crippen LogP contribution >= 0.6 is 0 Å². The lowest BCUT2D eigenvalue weighted by molar-refractivity contribution is 0.0441. The van der Waals surface area contributed by atoms with E-state index in [0.29, 0.717) is 13.2 Å². The summed E-state index contributed by atoms with van der Waals surface area (Å²) in [5.74, 6) is 0. The van der Waals surface area contributed by atoms with Gasteiger partial charge >= 0.3 is 0 Å². The first-order chi connectivity index (χ1) is 6.27. The van der Waals surface area contributed by atoms with Gasteiger partial charge in [-0.2, -0.15) is 0 Å². The van der Waals surface area contributed by atoms with Crippen LogP contribution in [0.2, 0.25) is 0 Å². The monoisotopic (exact) mass is 190 g/mol. The molecule has 0 aromatic carbocycles. The van der Waals surface area contributed by atoms with Crippen molar-refractivity contribution in [3.8, 4) is 0 Å². The molecule has 4 nitrogen and oxygen atoms in total. The number of rotatable bonds is 9. The Kier molecular flexibility index (Phi) is 9.80. The molecule has 0 aliphatic heterocycles. The second kappa shape index (κ2) is 9.92. The average Bonchev–Trinajstić information content (AvgIpc) is 2.09. The maximum atomic E-state index is 5.34. The average molecular weight is 190 g/mol. The Morgan fingerprint density at radius 2 is 1.62 bits per heavy atom. The minimum atomic E-state index is 0.690. The highest BCUT2D eigenvalue weighted by atomic mass is 16.5. The summed E-state index contributed by atoms with van der Waals surface area (Å²) in [5, 5.41) is 3.01. The molecule has 13 heavy (non-hydrogen) atoms.